The predicted molar refractivity (Wildman–Crippen MR) is 94.7 cm³/mol. The first-order valence-electron chi connectivity index (χ1n) is 8.77. The van der Waals surface area contributed by atoms with E-state index in [2.05, 4.69) is 18.1 Å². The first-order valence-corrected chi connectivity index (χ1v) is 8.77. The number of hydrogen-bond acceptors (Lipinski definition) is 2. The lowest BCUT2D eigenvalue weighted by Crippen LogP contribution is -2.35. The highest BCUT2D eigenvalue weighted by Crippen LogP contribution is 2.55. The molecule has 4 rings (SSSR count). The molecule has 0 bridgehead atoms. The van der Waals surface area contributed by atoms with E-state index in [4.69, 9.17) is 11.2 Å². The lowest BCUT2D eigenvalue weighted by Gasteiger charge is -2.35. The minimum atomic E-state index is -0.620. The Bertz CT molecular complexity index is 838. The van der Waals surface area contributed by atoms with Crippen LogP contribution in [0.5, 0.6) is 0 Å². The number of aliphatic hydroxyl groups is 1. The normalized spacial score (nSPS) is 26.9. The van der Waals surface area contributed by atoms with Gasteiger partial charge in [-0.3, -0.25) is 0 Å². The number of rotatable bonds is 3. The molecule has 0 spiro atoms. The summed E-state index contributed by atoms with van der Waals surface area (Å²) in [6.07, 6.45) is 7.98. The molecule has 128 valence electrons. The Morgan fingerprint density at radius 1 is 1.24 bits per heavy atom. The first kappa shape index (κ1) is 16.3. The number of ether oxygens (including phenoxy) is 1. The molecule has 2 nitrogen and oxygen atoms in total. The molecule has 1 saturated heterocycles. The van der Waals surface area contributed by atoms with E-state index >= 15 is 0 Å². The number of terminal acetylenes is 1. The summed E-state index contributed by atoms with van der Waals surface area (Å²) in [5, 5.41) is 9.28. The van der Waals surface area contributed by atoms with Crippen molar-refractivity contribution in [1.82, 2.24) is 0 Å². The van der Waals surface area contributed by atoms with Gasteiger partial charge in [0.1, 0.15) is 11.9 Å². The summed E-state index contributed by atoms with van der Waals surface area (Å²) in [5.41, 5.74) is 3.60. The van der Waals surface area contributed by atoms with Crippen molar-refractivity contribution in [2.75, 3.05) is 13.2 Å². The van der Waals surface area contributed by atoms with Crippen molar-refractivity contribution in [2.45, 2.75) is 30.8 Å². The fourth-order valence-corrected chi connectivity index (χ4v) is 4.56. The molecule has 0 radical (unpaired) electrons. The van der Waals surface area contributed by atoms with Crippen LogP contribution in [0.4, 0.5) is 4.39 Å². The third-order valence-electron chi connectivity index (χ3n) is 5.71. The van der Waals surface area contributed by atoms with Gasteiger partial charge in [-0.15, -0.1) is 6.42 Å². The zero-order valence-corrected chi connectivity index (χ0v) is 14.0. The quantitative estimate of drug-likeness (QED) is 0.865. The number of benzene rings is 2. The zero-order valence-electron chi connectivity index (χ0n) is 14.0. The maximum Gasteiger partial charge on any atom is 0.123 e. The van der Waals surface area contributed by atoms with E-state index in [-0.39, 0.29) is 24.4 Å². The van der Waals surface area contributed by atoms with E-state index in [1.165, 1.54) is 11.6 Å². The molecule has 1 aliphatic heterocycles. The van der Waals surface area contributed by atoms with Crippen LogP contribution in [0, 0.1) is 24.1 Å². The van der Waals surface area contributed by atoms with E-state index in [1.54, 1.807) is 6.07 Å². The Morgan fingerprint density at radius 3 is 2.88 bits per heavy atom. The van der Waals surface area contributed by atoms with Gasteiger partial charge in [-0.05, 0) is 53.6 Å². The summed E-state index contributed by atoms with van der Waals surface area (Å²) in [6, 6.07) is 13.1. The maximum atomic E-state index is 14.0. The third-order valence-corrected chi connectivity index (χ3v) is 5.71. The topological polar surface area (TPSA) is 29.5 Å². The van der Waals surface area contributed by atoms with E-state index in [0.29, 0.717) is 13.0 Å². The SMILES string of the molecule is C#C[C@@]12c3ccccc3Cc3ccc(F)cc3[C@H]1OCC2CCCO. The van der Waals surface area contributed by atoms with Gasteiger partial charge in [0.15, 0.2) is 0 Å². The third kappa shape index (κ3) is 2.40. The smallest absolute Gasteiger partial charge is 0.123 e. The Kier molecular flexibility index (Phi) is 4.11. The summed E-state index contributed by atoms with van der Waals surface area (Å²) >= 11 is 0. The molecular formula is C22H21FO2. The van der Waals surface area contributed by atoms with Crippen LogP contribution in [0.1, 0.15) is 41.2 Å². The predicted octanol–water partition coefficient (Wildman–Crippen LogP) is 3.76. The second-order valence-corrected chi connectivity index (χ2v) is 6.97. The molecule has 0 amide bonds. The monoisotopic (exact) mass is 336 g/mol. The number of hydrogen-bond donors (Lipinski definition) is 1. The summed E-state index contributed by atoms with van der Waals surface area (Å²) in [6.45, 7) is 0.661. The highest BCUT2D eigenvalue weighted by Gasteiger charge is 2.54. The number of aliphatic hydroxyl groups excluding tert-OH is 1. The van der Waals surface area contributed by atoms with Crippen molar-refractivity contribution in [2.24, 2.45) is 5.92 Å². The van der Waals surface area contributed by atoms with Gasteiger partial charge in [0.25, 0.3) is 0 Å². The van der Waals surface area contributed by atoms with Crippen LogP contribution < -0.4 is 0 Å². The molecular weight excluding hydrogens is 315 g/mol. The minimum Gasteiger partial charge on any atom is -0.396 e. The second-order valence-electron chi connectivity index (χ2n) is 6.97. The molecule has 2 aliphatic rings. The Hall–Kier alpha value is -2.15. The van der Waals surface area contributed by atoms with Gasteiger partial charge in [-0.1, -0.05) is 36.3 Å². The Labute approximate surface area is 147 Å². The van der Waals surface area contributed by atoms with Crippen molar-refractivity contribution in [3.05, 3.63) is 70.5 Å². The van der Waals surface area contributed by atoms with Crippen LogP contribution in [0.15, 0.2) is 42.5 Å². The highest BCUT2D eigenvalue weighted by molar-refractivity contribution is 5.53. The van der Waals surface area contributed by atoms with Crippen molar-refractivity contribution in [3.63, 3.8) is 0 Å². The van der Waals surface area contributed by atoms with E-state index in [0.717, 1.165) is 29.5 Å². The molecule has 2 aromatic carbocycles. The molecule has 1 unspecified atom stereocenters. The van der Waals surface area contributed by atoms with Crippen LogP contribution in [0.3, 0.4) is 0 Å². The van der Waals surface area contributed by atoms with Crippen molar-refractivity contribution < 1.29 is 14.2 Å². The first-order chi connectivity index (χ1) is 12.2. The zero-order chi connectivity index (χ0) is 17.4. The average molecular weight is 336 g/mol. The van der Waals surface area contributed by atoms with Gasteiger partial charge in [-0.2, -0.15) is 0 Å². The average Bonchev–Trinajstić information content (AvgIpc) is 2.95. The molecule has 1 N–H and O–H groups in total. The number of fused-ring (bicyclic) bond motifs is 5. The van der Waals surface area contributed by atoms with Crippen LogP contribution in [0.2, 0.25) is 0 Å². The highest BCUT2D eigenvalue weighted by atomic mass is 19.1. The van der Waals surface area contributed by atoms with E-state index in [1.807, 2.05) is 18.2 Å². The molecule has 1 fully saturated rings. The van der Waals surface area contributed by atoms with Gasteiger partial charge >= 0.3 is 0 Å². The Balaban J connectivity index is 1.96. The molecule has 0 aromatic heterocycles. The van der Waals surface area contributed by atoms with Crippen LogP contribution in [-0.2, 0) is 16.6 Å². The van der Waals surface area contributed by atoms with Gasteiger partial charge in [-0.25, -0.2) is 4.39 Å². The molecule has 2 aromatic rings. The molecule has 1 heterocycles. The van der Waals surface area contributed by atoms with Crippen LogP contribution in [0.25, 0.3) is 0 Å². The molecule has 1 aliphatic carbocycles. The minimum absolute atomic E-state index is 0.102. The Morgan fingerprint density at radius 2 is 2.08 bits per heavy atom. The van der Waals surface area contributed by atoms with Crippen molar-refractivity contribution >= 4 is 0 Å². The molecule has 3 atom stereocenters. The second kappa shape index (κ2) is 6.29. The summed E-state index contributed by atoms with van der Waals surface area (Å²) in [7, 11) is 0. The standard InChI is InChI=1S/C22H21FO2/c1-2-22-17(7-5-11-24)14-25-21(22)19-13-18(23)10-9-15(19)12-16-6-3-4-8-20(16)22/h1,3-4,6,8-10,13,17,21,24H,5,7,11-12,14H2/t17?,21-,22-/m1/s1. The van der Waals surface area contributed by atoms with Gasteiger partial charge in [0.2, 0.25) is 0 Å². The van der Waals surface area contributed by atoms with Gasteiger partial charge in [0.05, 0.1) is 12.0 Å². The number of halogens is 1. The van der Waals surface area contributed by atoms with Gasteiger partial charge < -0.3 is 9.84 Å². The molecule has 3 heteroatoms. The van der Waals surface area contributed by atoms with Crippen molar-refractivity contribution in [3.8, 4) is 12.3 Å². The summed E-state index contributed by atoms with van der Waals surface area (Å²) in [5.74, 6) is 2.90. The van der Waals surface area contributed by atoms with E-state index in [9.17, 15) is 9.50 Å². The fraction of sp³-hybridized carbons (Fsp3) is 0.364. The maximum absolute atomic E-state index is 14.0. The fourth-order valence-electron chi connectivity index (χ4n) is 4.56. The van der Waals surface area contributed by atoms with Crippen LogP contribution in [-0.4, -0.2) is 18.3 Å². The van der Waals surface area contributed by atoms with Gasteiger partial charge in [0, 0.05) is 12.5 Å². The van der Waals surface area contributed by atoms with Crippen LogP contribution >= 0.6 is 0 Å². The van der Waals surface area contributed by atoms with Crippen molar-refractivity contribution in [1.29, 1.82) is 0 Å². The summed E-state index contributed by atoms with van der Waals surface area (Å²) < 4.78 is 20.2. The molecule has 0 saturated carbocycles. The largest absolute Gasteiger partial charge is 0.396 e. The van der Waals surface area contributed by atoms with E-state index < -0.39 is 5.41 Å². The molecule has 25 heavy (non-hydrogen) atoms. The summed E-state index contributed by atoms with van der Waals surface area (Å²) in [4.78, 5) is 0. The lowest BCUT2D eigenvalue weighted by molar-refractivity contribution is 0.0909. The lowest BCUT2D eigenvalue weighted by atomic mass is 9.66.